The molecule has 0 saturated carbocycles. The van der Waals surface area contributed by atoms with Gasteiger partial charge in [-0.25, -0.2) is 0 Å². The summed E-state index contributed by atoms with van der Waals surface area (Å²) in [5, 5.41) is 6.91. The molecule has 0 aliphatic rings. The maximum Gasteiger partial charge on any atom is 0.254 e. The van der Waals surface area contributed by atoms with Gasteiger partial charge in [0, 0.05) is 19.8 Å². The summed E-state index contributed by atoms with van der Waals surface area (Å²) in [6, 6.07) is 0. The van der Waals surface area contributed by atoms with E-state index >= 15 is 0 Å². The molecule has 0 bridgehead atoms. The average Bonchev–Trinajstić information content (AvgIpc) is 2.78. The Labute approximate surface area is 102 Å². The van der Waals surface area contributed by atoms with Gasteiger partial charge >= 0.3 is 0 Å². The van der Waals surface area contributed by atoms with E-state index in [0.717, 1.165) is 12.8 Å². The summed E-state index contributed by atoms with van der Waals surface area (Å²) in [5.41, 5.74) is 6.39. The van der Waals surface area contributed by atoms with Crippen LogP contribution in [0.15, 0.2) is 12.4 Å². The molecule has 0 fully saturated rings. The lowest BCUT2D eigenvalue weighted by Gasteiger charge is -2.30. The molecule has 1 heterocycles. The highest BCUT2D eigenvalue weighted by Crippen LogP contribution is 2.23. The van der Waals surface area contributed by atoms with Crippen molar-refractivity contribution in [2.24, 2.45) is 18.2 Å². The molecule has 0 aliphatic carbocycles. The van der Waals surface area contributed by atoms with Crippen LogP contribution in [0, 0.1) is 5.41 Å². The molecule has 1 aromatic heterocycles. The Morgan fingerprint density at radius 1 is 1.53 bits per heavy atom. The van der Waals surface area contributed by atoms with Crippen molar-refractivity contribution in [2.45, 2.75) is 26.7 Å². The van der Waals surface area contributed by atoms with Gasteiger partial charge < -0.3 is 11.1 Å². The summed E-state index contributed by atoms with van der Waals surface area (Å²) < 4.78 is 1.62. The van der Waals surface area contributed by atoms with E-state index < -0.39 is 0 Å². The molecule has 0 saturated heterocycles. The topological polar surface area (TPSA) is 72.9 Å². The predicted molar refractivity (Wildman–Crippen MR) is 67.6 cm³/mol. The standard InChI is InChI=1S/C12H22N4O/c1-4-12(5-2,8-13)9-14-11(17)10-6-15-16(3)7-10/h6-7H,4-5,8-9,13H2,1-3H3,(H,14,17). The predicted octanol–water partition coefficient (Wildman–Crippen LogP) is 0.915. The second-order valence-corrected chi connectivity index (χ2v) is 4.50. The first-order chi connectivity index (χ1) is 8.06. The van der Waals surface area contributed by atoms with Gasteiger partial charge in [-0.2, -0.15) is 5.10 Å². The maximum absolute atomic E-state index is 11.8. The van der Waals surface area contributed by atoms with Crippen molar-refractivity contribution in [2.75, 3.05) is 13.1 Å². The Morgan fingerprint density at radius 2 is 2.18 bits per heavy atom. The molecule has 0 atom stereocenters. The molecule has 0 unspecified atom stereocenters. The van der Waals surface area contributed by atoms with Gasteiger partial charge in [0.05, 0.1) is 11.8 Å². The molecule has 0 radical (unpaired) electrons. The van der Waals surface area contributed by atoms with Crippen molar-refractivity contribution in [3.8, 4) is 0 Å². The number of aryl methyl sites for hydroxylation is 1. The first kappa shape index (κ1) is 13.7. The minimum absolute atomic E-state index is 0.0118. The highest BCUT2D eigenvalue weighted by molar-refractivity contribution is 5.93. The Bertz CT molecular complexity index is 360. The zero-order valence-electron chi connectivity index (χ0n) is 10.9. The van der Waals surface area contributed by atoms with E-state index in [4.69, 9.17) is 5.73 Å². The zero-order valence-corrected chi connectivity index (χ0v) is 10.9. The van der Waals surface area contributed by atoms with Crippen LogP contribution in [-0.4, -0.2) is 28.8 Å². The van der Waals surface area contributed by atoms with Gasteiger partial charge in [0.1, 0.15) is 0 Å². The molecule has 3 N–H and O–H groups in total. The molecule has 0 aliphatic heterocycles. The van der Waals surface area contributed by atoms with E-state index in [9.17, 15) is 4.79 Å². The highest BCUT2D eigenvalue weighted by Gasteiger charge is 2.25. The second-order valence-electron chi connectivity index (χ2n) is 4.50. The summed E-state index contributed by atoms with van der Waals surface area (Å²) in [6.07, 6.45) is 5.20. The third-order valence-corrected chi connectivity index (χ3v) is 3.52. The van der Waals surface area contributed by atoms with Gasteiger partial charge in [0.25, 0.3) is 5.91 Å². The van der Waals surface area contributed by atoms with Gasteiger partial charge in [-0.1, -0.05) is 13.8 Å². The fraction of sp³-hybridized carbons (Fsp3) is 0.667. The summed E-state index contributed by atoms with van der Waals surface area (Å²) >= 11 is 0. The first-order valence-electron chi connectivity index (χ1n) is 6.04. The minimum atomic E-state index is -0.0853. The lowest BCUT2D eigenvalue weighted by Crippen LogP contribution is -2.41. The number of rotatable bonds is 6. The van der Waals surface area contributed by atoms with Crippen LogP contribution in [0.3, 0.4) is 0 Å². The molecular weight excluding hydrogens is 216 g/mol. The molecule has 5 nitrogen and oxygen atoms in total. The number of amides is 1. The van der Waals surface area contributed by atoms with E-state index in [0.29, 0.717) is 18.7 Å². The van der Waals surface area contributed by atoms with Crippen LogP contribution >= 0.6 is 0 Å². The largest absolute Gasteiger partial charge is 0.351 e. The van der Waals surface area contributed by atoms with Crippen molar-refractivity contribution >= 4 is 5.91 Å². The maximum atomic E-state index is 11.8. The molecule has 96 valence electrons. The van der Waals surface area contributed by atoms with Crippen LogP contribution in [0.25, 0.3) is 0 Å². The number of carbonyl (C=O) groups excluding carboxylic acids is 1. The number of hydrogen-bond donors (Lipinski definition) is 2. The Morgan fingerprint density at radius 3 is 2.59 bits per heavy atom. The van der Waals surface area contributed by atoms with Crippen LogP contribution in [0.4, 0.5) is 0 Å². The van der Waals surface area contributed by atoms with E-state index in [1.54, 1.807) is 24.1 Å². The number of carbonyl (C=O) groups is 1. The summed E-state index contributed by atoms with van der Waals surface area (Å²) in [7, 11) is 1.79. The Kier molecular flexibility index (Phi) is 4.69. The fourth-order valence-electron chi connectivity index (χ4n) is 1.77. The number of nitrogens with two attached hydrogens (primary N) is 1. The van der Waals surface area contributed by atoms with Crippen LogP contribution < -0.4 is 11.1 Å². The van der Waals surface area contributed by atoms with Gasteiger partial charge in [-0.3, -0.25) is 9.48 Å². The third-order valence-electron chi connectivity index (χ3n) is 3.52. The Balaban J connectivity index is 2.58. The second kappa shape index (κ2) is 5.82. The van der Waals surface area contributed by atoms with Crippen LogP contribution in [0.5, 0.6) is 0 Å². The molecule has 17 heavy (non-hydrogen) atoms. The average molecular weight is 238 g/mol. The van der Waals surface area contributed by atoms with Crippen LogP contribution in [0.1, 0.15) is 37.0 Å². The molecule has 1 aromatic rings. The summed E-state index contributed by atoms with van der Waals surface area (Å²) in [5.74, 6) is -0.0853. The molecule has 0 aromatic carbocycles. The minimum Gasteiger partial charge on any atom is -0.351 e. The van der Waals surface area contributed by atoms with E-state index in [1.807, 2.05) is 0 Å². The number of aromatic nitrogens is 2. The van der Waals surface area contributed by atoms with Gasteiger partial charge in [-0.15, -0.1) is 0 Å². The molecule has 1 rings (SSSR count). The Hall–Kier alpha value is -1.36. The third kappa shape index (κ3) is 3.30. The quantitative estimate of drug-likeness (QED) is 0.774. The van der Waals surface area contributed by atoms with Crippen molar-refractivity contribution in [1.82, 2.24) is 15.1 Å². The van der Waals surface area contributed by atoms with Crippen molar-refractivity contribution in [3.63, 3.8) is 0 Å². The molecule has 0 spiro atoms. The fourth-order valence-corrected chi connectivity index (χ4v) is 1.77. The number of hydrogen-bond acceptors (Lipinski definition) is 3. The monoisotopic (exact) mass is 238 g/mol. The zero-order chi connectivity index (χ0) is 12.9. The van der Waals surface area contributed by atoms with Crippen molar-refractivity contribution < 1.29 is 4.79 Å². The summed E-state index contributed by atoms with van der Waals surface area (Å²) in [6.45, 7) is 5.41. The number of nitrogens with one attached hydrogen (secondary N) is 1. The smallest absolute Gasteiger partial charge is 0.254 e. The highest BCUT2D eigenvalue weighted by atomic mass is 16.1. The van der Waals surface area contributed by atoms with Crippen LogP contribution in [0.2, 0.25) is 0 Å². The van der Waals surface area contributed by atoms with Gasteiger partial charge in [-0.05, 0) is 24.8 Å². The van der Waals surface area contributed by atoms with E-state index in [1.165, 1.54) is 0 Å². The van der Waals surface area contributed by atoms with Crippen molar-refractivity contribution in [1.29, 1.82) is 0 Å². The SMILES string of the molecule is CCC(CC)(CN)CNC(=O)c1cnn(C)c1. The first-order valence-corrected chi connectivity index (χ1v) is 6.04. The van der Waals surface area contributed by atoms with Crippen molar-refractivity contribution in [3.05, 3.63) is 18.0 Å². The van der Waals surface area contributed by atoms with E-state index in [2.05, 4.69) is 24.3 Å². The lowest BCUT2D eigenvalue weighted by molar-refractivity contribution is 0.0928. The molecular formula is C12H22N4O. The molecule has 1 amide bonds. The van der Waals surface area contributed by atoms with Gasteiger partial charge in [0.2, 0.25) is 0 Å². The summed E-state index contributed by atoms with van der Waals surface area (Å²) in [4.78, 5) is 11.8. The number of nitrogens with zero attached hydrogens (tertiary/aromatic N) is 2. The van der Waals surface area contributed by atoms with E-state index in [-0.39, 0.29) is 11.3 Å². The molecule has 5 heteroatoms. The lowest BCUT2D eigenvalue weighted by atomic mass is 9.82. The van der Waals surface area contributed by atoms with Crippen LogP contribution in [-0.2, 0) is 7.05 Å². The van der Waals surface area contributed by atoms with Gasteiger partial charge in [0.15, 0.2) is 0 Å². The normalized spacial score (nSPS) is 11.5.